The standard InChI is InChI=1S/C18H14F3N3O5/c19-18(20,21)17(28)22-13-8-6-12(7-9-13)16(27)29-10-14(25)23-24-15(26)11-4-2-1-3-5-11/h1-9H,10H2,(H,22,28)(H,23,25)(H,24,26). The smallest absolute Gasteiger partial charge is 0.452 e. The largest absolute Gasteiger partial charge is 0.471 e. The number of benzene rings is 2. The Kier molecular flexibility index (Phi) is 6.90. The minimum Gasteiger partial charge on any atom is -0.452 e. The number of hydrogen-bond acceptors (Lipinski definition) is 5. The van der Waals surface area contributed by atoms with E-state index in [1.807, 2.05) is 0 Å². The summed E-state index contributed by atoms with van der Waals surface area (Å²) in [6.45, 7) is -0.708. The molecule has 0 heterocycles. The first-order valence-corrected chi connectivity index (χ1v) is 7.96. The van der Waals surface area contributed by atoms with Crippen molar-refractivity contribution in [3.8, 4) is 0 Å². The van der Waals surface area contributed by atoms with Gasteiger partial charge in [0.15, 0.2) is 6.61 Å². The summed E-state index contributed by atoms with van der Waals surface area (Å²) in [5.74, 6) is -4.45. The van der Waals surface area contributed by atoms with Crippen LogP contribution >= 0.6 is 0 Å². The Bertz CT molecular complexity index is 899. The average Bonchev–Trinajstić information content (AvgIpc) is 2.70. The Labute approximate surface area is 162 Å². The lowest BCUT2D eigenvalue weighted by Crippen LogP contribution is -2.43. The van der Waals surface area contributed by atoms with Gasteiger partial charge in [0.25, 0.3) is 11.8 Å². The van der Waals surface area contributed by atoms with E-state index in [2.05, 4.69) is 10.9 Å². The lowest BCUT2D eigenvalue weighted by Gasteiger charge is -2.09. The van der Waals surface area contributed by atoms with Crippen LogP contribution in [0.5, 0.6) is 0 Å². The maximum absolute atomic E-state index is 12.2. The molecule has 0 saturated carbocycles. The predicted octanol–water partition coefficient (Wildman–Crippen LogP) is 1.81. The molecule has 0 aliphatic carbocycles. The second-order valence-corrected chi connectivity index (χ2v) is 5.47. The van der Waals surface area contributed by atoms with Crippen LogP contribution in [0.1, 0.15) is 20.7 Å². The lowest BCUT2D eigenvalue weighted by molar-refractivity contribution is -0.167. The minimum atomic E-state index is -5.04. The van der Waals surface area contributed by atoms with Crippen molar-refractivity contribution in [2.24, 2.45) is 0 Å². The third-order valence-corrected chi connectivity index (χ3v) is 3.32. The van der Waals surface area contributed by atoms with Crippen LogP contribution in [0.3, 0.4) is 0 Å². The zero-order valence-corrected chi connectivity index (χ0v) is 14.6. The molecule has 2 rings (SSSR count). The second-order valence-electron chi connectivity index (χ2n) is 5.47. The highest BCUT2D eigenvalue weighted by molar-refractivity contribution is 5.97. The number of hydrazine groups is 1. The Morgan fingerprint density at radius 1 is 0.828 bits per heavy atom. The van der Waals surface area contributed by atoms with Crippen molar-refractivity contribution < 1.29 is 37.1 Å². The summed E-state index contributed by atoms with van der Waals surface area (Å²) in [5, 5.41) is 1.62. The van der Waals surface area contributed by atoms with Gasteiger partial charge in [-0.25, -0.2) is 4.79 Å². The maximum atomic E-state index is 12.2. The molecular weight excluding hydrogens is 395 g/mol. The first-order chi connectivity index (χ1) is 13.7. The highest BCUT2D eigenvalue weighted by Gasteiger charge is 2.38. The summed E-state index contributed by atoms with van der Waals surface area (Å²) >= 11 is 0. The van der Waals surface area contributed by atoms with Crippen LogP contribution in [0, 0.1) is 0 Å². The number of rotatable bonds is 5. The molecule has 0 aromatic heterocycles. The molecule has 0 unspecified atom stereocenters. The molecule has 0 saturated heterocycles. The molecule has 152 valence electrons. The van der Waals surface area contributed by atoms with Gasteiger partial charge in [-0.2, -0.15) is 13.2 Å². The van der Waals surface area contributed by atoms with Crippen molar-refractivity contribution in [1.82, 2.24) is 10.9 Å². The topological polar surface area (TPSA) is 114 Å². The molecule has 0 spiro atoms. The van der Waals surface area contributed by atoms with Crippen molar-refractivity contribution in [3.05, 3.63) is 65.7 Å². The van der Waals surface area contributed by atoms with Crippen LogP contribution in [-0.2, 0) is 14.3 Å². The first-order valence-electron chi connectivity index (χ1n) is 7.96. The number of esters is 1. The van der Waals surface area contributed by atoms with E-state index >= 15 is 0 Å². The van der Waals surface area contributed by atoms with Gasteiger partial charge in [-0.1, -0.05) is 18.2 Å². The van der Waals surface area contributed by atoms with Gasteiger partial charge < -0.3 is 10.1 Å². The zero-order chi connectivity index (χ0) is 21.4. The molecule has 29 heavy (non-hydrogen) atoms. The molecule has 8 nitrogen and oxygen atoms in total. The predicted molar refractivity (Wildman–Crippen MR) is 93.5 cm³/mol. The van der Waals surface area contributed by atoms with Crippen molar-refractivity contribution in [1.29, 1.82) is 0 Å². The summed E-state index contributed by atoms with van der Waals surface area (Å²) in [6, 6.07) is 12.4. The summed E-state index contributed by atoms with van der Waals surface area (Å²) in [7, 11) is 0. The molecule has 0 atom stereocenters. The Hall–Kier alpha value is -3.89. The molecule has 2 aromatic rings. The second kappa shape index (κ2) is 9.35. The molecule has 0 aliphatic heterocycles. The molecule has 0 bridgehead atoms. The summed E-state index contributed by atoms with van der Waals surface area (Å²) in [4.78, 5) is 46.0. The molecule has 3 N–H and O–H groups in total. The van der Waals surface area contributed by atoms with E-state index in [1.54, 1.807) is 23.5 Å². The fourth-order valence-corrected chi connectivity index (χ4v) is 1.93. The molecule has 0 aliphatic rings. The fraction of sp³-hybridized carbons (Fsp3) is 0.111. The quantitative estimate of drug-likeness (QED) is 0.515. The summed E-state index contributed by atoms with van der Waals surface area (Å²) < 4.78 is 41.3. The molecule has 3 amide bonds. The van der Waals surface area contributed by atoms with Crippen LogP contribution in [0.15, 0.2) is 54.6 Å². The number of amides is 3. The number of hydrogen-bond donors (Lipinski definition) is 3. The summed E-state index contributed by atoms with van der Waals surface area (Å²) in [5.41, 5.74) is 4.27. The van der Waals surface area contributed by atoms with Crippen LogP contribution < -0.4 is 16.2 Å². The van der Waals surface area contributed by atoms with Crippen molar-refractivity contribution in [3.63, 3.8) is 0 Å². The monoisotopic (exact) mass is 409 g/mol. The number of nitrogens with one attached hydrogen (secondary N) is 3. The van der Waals surface area contributed by atoms with E-state index in [4.69, 9.17) is 4.74 Å². The summed E-state index contributed by atoms with van der Waals surface area (Å²) in [6.07, 6.45) is -5.04. The van der Waals surface area contributed by atoms with E-state index in [0.717, 1.165) is 24.3 Å². The van der Waals surface area contributed by atoms with Gasteiger partial charge in [-0.05, 0) is 36.4 Å². The third-order valence-electron chi connectivity index (χ3n) is 3.32. The van der Waals surface area contributed by atoms with Gasteiger partial charge in [-0.3, -0.25) is 25.2 Å². The van der Waals surface area contributed by atoms with Gasteiger partial charge in [0.2, 0.25) is 0 Å². The van der Waals surface area contributed by atoms with E-state index in [0.29, 0.717) is 5.56 Å². The van der Waals surface area contributed by atoms with Crippen molar-refractivity contribution >= 4 is 29.4 Å². The van der Waals surface area contributed by atoms with Gasteiger partial charge in [0.1, 0.15) is 0 Å². The average molecular weight is 409 g/mol. The van der Waals surface area contributed by atoms with Crippen LogP contribution in [-0.4, -0.2) is 36.5 Å². The van der Waals surface area contributed by atoms with Crippen LogP contribution in [0.2, 0.25) is 0 Å². The first kappa shape index (κ1) is 21.4. The van der Waals surface area contributed by atoms with E-state index < -0.39 is 36.5 Å². The Morgan fingerprint density at radius 2 is 1.45 bits per heavy atom. The maximum Gasteiger partial charge on any atom is 0.471 e. The van der Waals surface area contributed by atoms with E-state index in [9.17, 15) is 32.3 Å². The molecule has 0 radical (unpaired) electrons. The van der Waals surface area contributed by atoms with Crippen molar-refractivity contribution in [2.45, 2.75) is 6.18 Å². The van der Waals surface area contributed by atoms with Crippen LogP contribution in [0.4, 0.5) is 18.9 Å². The zero-order valence-electron chi connectivity index (χ0n) is 14.6. The number of ether oxygens (including phenoxy) is 1. The van der Waals surface area contributed by atoms with Gasteiger partial charge in [0, 0.05) is 11.3 Å². The fourth-order valence-electron chi connectivity index (χ4n) is 1.93. The van der Waals surface area contributed by atoms with Gasteiger partial charge in [-0.15, -0.1) is 0 Å². The number of alkyl halides is 3. The number of halogens is 3. The molecule has 0 fully saturated rings. The number of anilines is 1. The minimum absolute atomic E-state index is 0.0591. The van der Waals surface area contributed by atoms with Gasteiger partial charge in [0.05, 0.1) is 5.56 Å². The highest BCUT2D eigenvalue weighted by atomic mass is 19.4. The van der Waals surface area contributed by atoms with Crippen molar-refractivity contribution in [2.75, 3.05) is 11.9 Å². The normalized spacial score (nSPS) is 10.6. The SMILES string of the molecule is O=C(COC(=O)c1ccc(NC(=O)C(F)(F)F)cc1)NNC(=O)c1ccccc1. The third kappa shape index (κ3) is 6.65. The Balaban J connectivity index is 1.79. The van der Waals surface area contributed by atoms with Crippen LogP contribution in [0.25, 0.3) is 0 Å². The van der Waals surface area contributed by atoms with E-state index in [-0.39, 0.29) is 11.3 Å². The van der Waals surface area contributed by atoms with E-state index in [1.165, 1.54) is 12.1 Å². The number of carbonyl (C=O) groups excluding carboxylic acids is 4. The highest BCUT2D eigenvalue weighted by Crippen LogP contribution is 2.18. The lowest BCUT2D eigenvalue weighted by atomic mass is 10.2. The number of carbonyl (C=O) groups is 4. The molecular formula is C18H14F3N3O5. The molecule has 2 aromatic carbocycles. The Morgan fingerprint density at radius 3 is 2.03 bits per heavy atom. The molecule has 11 heteroatoms. The van der Waals surface area contributed by atoms with Gasteiger partial charge >= 0.3 is 18.1 Å².